The number of carboxylic acids is 1. The molecule has 0 unspecified atom stereocenters. The summed E-state index contributed by atoms with van der Waals surface area (Å²) in [4.78, 5) is 18.2. The topological polar surface area (TPSA) is 80.9 Å². The lowest BCUT2D eigenvalue weighted by Crippen LogP contribution is -2.08. The Morgan fingerprint density at radius 1 is 1.27 bits per heavy atom. The maximum Gasteiger partial charge on any atom is 0.325 e. The van der Waals surface area contributed by atoms with Crippen molar-refractivity contribution in [3.63, 3.8) is 0 Å². The molecule has 6 heteroatoms. The molecule has 0 spiro atoms. The molecule has 2 heterocycles. The van der Waals surface area contributed by atoms with E-state index >= 15 is 0 Å². The summed E-state index contributed by atoms with van der Waals surface area (Å²) in [5.74, 6) is -0.922. The molecule has 0 fully saturated rings. The van der Waals surface area contributed by atoms with E-state index in [2.05, 4.69) is 15.1 Å². The van der Waals surface area contributed by atoms with E-state index in [0.29, 0.717) is 0 Å². The van der Waals surface area contributed by atoms with Crippen molar-refractivity contribution in [3.8, 4) is 11.1 Å². The van der Waals surface area contributed by atoms with Crippen LogP contribution in [0.3, 0.4) is 0 Å². The quantitative estimate of drug-likeness (QED) is 0.783. The standard InChI is InChI=1S/C9H8N4O2/c14-9(15)5-13-4-8(3-12-13)7-1-10-6-11-2-7/h1-4,6H,5H2,(H,14,15). The molecule has 6 nitrogen and oxygen atoms in total. The number of carboxylic acid groups (broad SMARTS) is 1. The van der Waals surface area contributed by atoms with Gasteiger partial charge in [-0.1, -0.05) is 0 Å². The fourth-order valence-corrected chi connectivity index (χ4v) is 1.19. The molecule has 0 aliphatic rings. The Kier molecular flexibility index (Phi) is 2.40. The van der Waals surface area contributed by atoms with Crippen molar-refractivity contribution in [1.29, 1.82) is 0 Å². The minimum absolute atomic E-state index is 0.145. The largest absolute Gasteiger partial charge is 0.480 e. The summed E-state index contributed by atoms with van der Waals surface area (Å²) in [5.41, 5.74) is 1.62. The van der Waals surface area contributed by atoms with Gasteiger partial charge >= 0.3 is 5.97 Å². The summed E-state index contributed by atoms with van der Waals surface area (Å²) < 4.78 is 1.35. The highest BCUT2D eigenvalue weighted by atomic mass is 16.4. The molecule has 0 atom stereocenters. The number of hydrogen-bond acceptors (Lipinski definition) is 4. The number of hydrogen-bond donors (Lipinski definition) is 1. The molecule has 0 aliphatic heterocycles. The number of aromatic nitrogens is 4. The minimum Gasteiger partial charge on any atom is -0.480 e. The maximum atomic E-state index is 10.4. The molecule has 1 N–H and O–H groups in total. The third kappa shape index (κ3) is 2.16. The van der Waals surface area contributed by atoms with Gasteiger partial charge in [-0.2, -0.15) is 5.10 Å². The van der Waals surface area contributed by atoms with Crippen LogP contribution in [0.5, 0.6) is 0 Å². The van der Waals surface area contributed by atoms with Crippen LogP contribution in [0, 0.1) is 0 Å². The van der Waals surface area contributed by atoms with E-state index in [1.807, 2.05) is 0 Å². The Morgan fingerprint density at radius 2 is 2.00 bits per heavy atom. The normalized spacial score (nSPS) is 10.1. The SMILES string of the molecule is O=C(O)Cn1cc(-c2cncnc2)cn1. The summed E-state index contributed by atoms with van der Waals surface area (Å²) in [6.45, 7) is -0.145. The van der Waals surface area contributed by atoms with Crippen LogP contribution in [-0.2, 0) is 11.3 Å². The van der Waals surface area contributed by atoms with Gasteiger partial charge in [0.15, 0.2) is 0 Å². The molecule has 0 amide bonds. The molecule has 0 saturated heterocycles. The fraction of sp³-hybridized carbons (Fsp3) is 0.111. The Balaban J connectivity index is 2.24. The van der Waals surface area contributed by atoms with Crippen molar-refractivity contribution in [1.82, 2.24) is 19.7 Å². The van der Waals surface area contributed by atoms with Crippen molar-refractivity contribution >= 4 is 5.97 Å². The molecule has 0 aromatic carbocycles. The molecular weight excluding hydrogens is 196 g/mol. The van der Waals surface area contributed by atoms with Crippen LogP contribution < -0.4 is 0 Å². The van der Waals surface area contributed by atoms with E-state index in [-0.39, 0.29) is 6.54 Å². The minimum atomic E-state index is -0.922. The Morgan fingerprint density at radius 3 is 2.67 bits per heavy atom. The Hall–Kier alpha value is -2.24. The van der Waals surface area contributed by atoms with Gasteiger partial charge in [0.1, 0.15) is 12.9 Å². The van der Waals surface area contributed by atoms with Gasteiger partial charge in [0, 0.05) is 29.7 Å². The second kappa shape index (κ2) is 3.87. The fourth-order valence-electron chi connectivity index (χ4n) is 1.19. The number of aliphatic carboxylic acids is 1. The molecule has 2 aromatic rings. The van der Waals surface area contributed by atoms with Gasteiger partial charge in [0.25, 0.3) is 0 Å². The molecule has 15 heavy (non-hydrogen) atoms. The third-order valence-corrected chi connectivity index (χ3v) is 1.82. The molecule has 2 rings (SSSR count). The first-order valence-corrected chi connectivity index (χ1v) is 4.25. The van der Waals surface area contributed by atoms with Gasteiger partial charge in [-0.15, -0.1) is 0 Å². The predicted molar refractivity (Wildman–Crippen MR) is 50.9 cm³/mol. The monoisotopic (exact) mass is 204 g/mol. The number of nitrogens with zero attached hydrogens (tertiary/aromatic N) is 4. The van der Waals surface area contributed by atoms with Crippen molar-refractivity contribution < 1.29 is 9.90 Å². The van der Waals surface area contributed by atoms with Crippen molar-refractivity contribution in [2.75, 3.05) is 0 Å². The van der Waals surface area contributed by atoms with Gasteiger partial charge in [-0.3, -0.25) is 9.48 Å². The molecule has 2 aromatic heterocycles. The van der Waals surface area contributed by atoms with Crippen LogP contribution >= 0.6 is 0 Å². The number of rotatable bonds is 3. The van der Waals surface area contributed by atoms with E-state index < -0.39 is 5.97 Å². The van der Waals surface area contributed by atoms with E-state index in [1.54, 1.807) is 24.8 Å². The summed E-state index contributed by atoms with van der Waals surface area (Å²) in [6, 6.07) is 0. The maximum absolute atomic E-state index is 10.4. The van der Waals surface area contributed by atoms with Gasteiger partial charge in [0.2, 0.25) is 0 Å². The van der Waals surface area contributed by atoms with Gasteiger partial charge < -0.3 is 5.11 Å². The van der Waals surface area contributed by atoms with Crippen LogP contribution in [0.2, 0.25) is 0 Å². The van der Waals surface area contributed by atoms with Crippen LogP contribution in [0.4, 0.5) is 0 Å². The zero-order valence-corrected chi connectivity index (χ0v) is 7.74. The van der Waals surface area contributed by atoms with Crippen molar-refractivity contribution in [2.45, 2.75) is 6.54 Å². The first-order valence-electron chi connectivity index (χ1n) is 4.25. The smallest absolute Gasteiger partial charge is 0.325 e. The van der Waals surface area contributed by atoms with Crippen LogP contribution in [0.15, 0.2) is 31.1 Å². The average Bonchev–Trinajstić information content (AvgIpc) is 2.67. The lowest BCUT2D eigenvalue weighted by molar-refractivity contribution is -0.137. The highest BCUT2D eigenvalue weighted by molar-refractivity contribution is 5.67. The first kappa shape index (κ1) is 9.32. The van der Waals surface area contributed by atoms with Crippen molar-refractivity contribution in [3.05, 3.63) is 31.1 Å². The summed E-state index contributed by atoms with van der Waals surface area (Å²) in [5, 5.41) is 12.5. The highest BCUT2D eigenvalue weighted by Crippen LogP contribution is 2.15. The third-order valence-electron chi connectivity index (χ3n) is 1.82. The lowest BCUT2D eigenvalue weighted by atomic mass is 10.2. The number of carbonyl (C=O) groups is 1. The molecule has 76 valence electrons. The zero-order chi connectivity index (χ0) is 10.7. The van der Waals surface area contributed by atoms with E-state index in [9.17, 15) is 4.79 Å². The predicted octanol–water partition coefficient (Wildman–Crippen LogP) is 0.425. The zero-order valence-electron chi connectivity index (χ0n) is 7.74. The Labute approximate surface area is 85.2 Å². The van der Waals surface area contributed by atoms with E-state index in [1.165, 1.54) is 11.0 Å². The van der Waals surface area contributed by atoms with Crippen LogP contribution in [0.25, 0.3) is 11.1 Å². The van der Waals surface area contributed by atoms with Gasteiger partial charge in [-0.25, -0.2) is 9.97 Å². The highest BCUT2D eigenvalue weighted by Gasteiger charge is 2.04. The second-order valence-corrected chi connectivity index (χ2v) is 2.95. The average molecular weight is 204 g/mol. The van der Waals surface area contributed by atoms with E-state index in [4.69, 9.17) is 5.11 Å². The summed E-state index contributed by atoms with van der Waals surface area (Å²) in [6.07, 6.45) is 7.96. The molecule has 0 aliphatic carbocycles. The van der Waals surface area contributed by atoms with E-state index in [0.717, 1.165) is 11.1 Å². The second-order valence-electron chi connectivity index (χ2n) is 2.95. The van der Waals surface area contributed by atoms with Gasteiger partial charge in [-0.05, 0) is 0 Å². The molecule has 0 bridgehead atoms. The lowest BCUT2D eigenvalue weighted by Gasteiger charge is -1.94. The molecule has 0 radical (unpaired) electrons. The first-order chi connectivity index (χ1) is 7.25. The Bertz CT molecular complexity index is 466. The molecule has 0 saturated carbocycles. The van der Waals surface area contributed by atoms with Crippen LogP contribution in [0.1, 0.15) is 0 Å². The summed E-state index contributed by atoms with van der Waals surface area (Å²) >= 11 is 0. The van der Waals surface area contributed by atoms with Gasteiger partial charge in [0.05, 0.1) is 6.20 Å². The molecular formula is C9H8N4O2. The summed E-state index contributed by atoms with van der Waals surface area (Å²) in [7, 11) is 0. The van der Waals surface area contributed by atoms with Crippen LogP contribution in [-0.4, -0.2) is 30.8 Å². The van der Waals surface area contributed by atoms with Crippen molar-refractivity contribution in [2.24, 2.45) is 0 Å².